The molecule has 0 aromatic carbocycles. The molecule has 0 spiro atoms. The number of fused-ring (bicyclic) bond motifs is 1. The van der Waals surface area contributed by atoms with Gasteiger partial charge in [0, 0.05) is 13.1 Å². The molecule has 2 aromatic heterocycles. The standard InChI is InChI=1S/C16H18ClN3O6/c1-16(2,3)26-11(21)6-18-14(23)12-13(22)8-5-10(17)20(25)7-9(8)19(4)15(12)24/h5,7,22H,6H2,1-4H3,(H,18,23). The third-order valence-electron chi connectivity index (χ3n) is 3.40. The zero-order valence-electron chi connectivity index (χ0n) is 14.6. The van der Waals surface area contributed by atoms with Crippen molar-refractivity contribution in [2.45, 2.75) is 26.4 Å². The lowest BCUT2D eigenvalue weighted by atomic mass is 10.1. The molecular formula is C16H18ClN3O6. The lowest BCUT2D eigenvalue weighted by molar-refractivity contribution is -0.601. The molecule has 26 heavy (non-hydrogen) atoms. The molecule has 0 unspecified atom stereocenters. The van der Waals surface area contributed by atoms with E-state index < -0.39 is 40.9 Å². The van der Waals surface area contributed by atoms with Crippen LogP contribution in [0.2, 0.25) is 5.15 Å². The van der Waals surface area contributed by atoms with E-state index in [4.69, 9.17) is 16.3 Å². The number of aryl methyl sites for hydroxylation is 1. The third-order valence-corrected chi connectivity index (χ3v) is 3.68. The molecule has 0 aliphatic heterocycles. The molecule has 2 rings (SSSR count). The minimum absolute atomic E-state index is 0.0478. The monoisotopic (exact) mass is 383 g/mol. The molecule has 0 fully saturated rings. The lowest BCUT2D eigenvalue weighted by Crippen LogP contribution is -2.38. The molecule has 0 aliphatic carbocycles. The van der Waals surface area contributed by atoms with Crippen LogP contribution in [0.15, 0.2) is 17.1 Å². The highest BCUT2D eigenvalue weighted by Crippen LogP contribution is 2.26. The van der Waals surface area contributed by atoms with E-state index >= 15 is 0 Å². The summed E-state index contributed by atoms with van der Waals surface area (Å²) in [5, 5.41) is 23.9. The van der Waals surface area contributed by atoms with Gasteiger partial charge in [0.15, 0.2) is 0 Å². The largest absolute Gasteiger partial charge is 0.618 e. The maximum atomic E-state index is 12.4. The van der Waals surface area contributed by atoms with Crippen LogP contribution in [0.3, 0.4) is 0 Å². The number of amides is 1. The van der Waals surface area contributed by atoms with Gasteiger partial charge in [0.1, 0.15) is 29.0 Å². The molecule has 10 heteroatoms. The number of pyridine rings is 2. The van der Waals surface area contributed by atoms with Crippen LogP contribution in [0, 0.1) is 5.21 Å². The Morgan fingerprint density at radius 1 is 1.42 bits per heavy atom. The lowest BCUT2D eigenvalue weighted by Gasteiger charge is -2.19. The van der Waals surface area contributed by atoms with Crippen molar-refractivity contribution in [3.8, 4) is 5.75 Å². The molecule has 1 amide bonds. The first-order valence-corrected chi connectivity index (χ1v) is 7.94. The predicted molar refractivity (Wildman–Crippen MR) is 93.0 cm³/mol. The molecule has 0 bridgehead atoms. The summed E-state index contributed by atoms with van der Waals surface area (Å²) in [5.41, 5.74) is -2.04. The molecule has 0 radical (unpaired) electrons. The predicted octanol–water partition coefficient (Wildman–Crippen LogP) is 0.602. The molecule has 2 N–H and O–H groups in total. The van der Waals surface area contributed by atoms with Crippen LogP contribution in [0.4, 0.5) is 0 Å². The number of halogens is 1. The highest BCUT2D eigenvalue weighted by Gasteiger charge is 2.24. The van der Waals surface area contributed by atoms with Crippen molar-refractivity contribution in [3.05, 3.63) is 38.5 Å². The number of rotatable bonds is 3. The van der Waals surface area contributed by atoms with Crippen molar-refractivity contribution in [3.63, 3.8) is 0 Å². The van der Waals surface area contributed by atoms with E-state index in [9.17, 15) is 24.7 Å². The Labute approximate surface area is 153 Å². The number of aromatic hydroxyl groups is 1. The molecule has 0 saturated carbocycles. The van der Waals surface area contributed by atoms with Crippen LogP contribution < -0.4 is 15.6 Å². The molecule has 9 nitrogen and oxygen atoms in total. The van der Waals surface area contributed by atoms with Gasteiger partial charge in [0.2, 0.25) is 6.20 Å². The van der Waals surface area contributed by atoms with E-state index in [1.807, 2.05) is 0 Å². The SMILES string of the molecule is Cn1c(=O)c(C(=O)NCC(=O)OC(C)(C)C)c(O)c2cc(Cl)[n+]([O-])cc21. The summed E-state index contributed by atoms with van der Waals surface area (Å²) in [5.74, 6) is -2.28. The number of nitrogens with one attached hydrogen (secondary N) is 1. The number of hydrogen-bond donors (Lipinski definition) is 2. The highest BCUT2D eigenvalue weighted by atomic mass is 35.5. The second-order valence-electron chi connectivity index (χ2n) is 6.58. The Hall–Kier alpha value is -2.81. The van der Waals surface area contributed by atoms with Gasteiger partial charge in [-0.15, -0.1) is 0 Å². The van der Waals surface area contributed by atoms with Gasteiger partial charge in [-0.05, 0) is 32.4 Å². The molecule has 2 heterocycles. The van der Waals surface area contributed by atoms with E-state index in [0.717, 1.165) is 16.8 Å². The molecule has 2 aromatic rings. The van der Waals surface area contributed by atoms with Gasteiger partial charge >= 0.3 is 5.97 Å². The first kappa shape index (κ1) is 19.5. The Bertz CT molecular complexity index is 961. The maximum absolute atomic E-state index is 12.4. The minimum Gasteiger partial charge on any atom is -0.618 e. The van der Waals surface area contributed by atoms with Crippen LogP contribution in [0.1, 0.15) is 31.1 Å². The smallest absolute Gasteiger partial charge is 0.325 e. The highest BCUT2D eigenvalue weighted by molar-refractivity contribution is 6.29. The summed E-state index contributed by atoms with van der Waals surface area (Å²) in [4.78, 5) is 36.4. The average molecular weight is 384 g/mol. The van der Waals surface area contributed by atoms with Crippen LogP contribution in [0.5, 0.6) is 5.75 Å². The summed E-state index contributed by atoms with van der Waals surface area (Å²) in [6.07, 6.45) is 1.02. The van der Waals surface area contributed by atoms with E-state index in [2.05, 4.69) is 5.32 Å². The number of ether oxygens (including phenoxy) is 1. The van der Waals surface area contributed by atoms with Gasteiger partial charge in [-0.2, -0.15) is 4.73 Å². The Morgan fingerprint density at radius 3 is 2.62 bits per heavy atom. The third kappa shape index (κ3) is 3.88. The van der Waals surface area contributed by atoms with Crippen LogP contribution in [-0.2, 0) is 16.6 Å². The number of nitrogens with zero attached hydrogens (tertiary/aromatic N) is 2. The van der Waals surface area contributed by atoms with E-state index in [-0.39, 0.29) is 16.1 Å². The molecule has 140 valence electrons. The molecular weight excluding hydrogens is 366 g/mol. The zero-order chi connectivity index (χ0) is 19.8. The average Bonchev–Trinajstić information content (AvgIpc) is 2.51. The zero-order valence-corrected chi connectivity index (χ0v) is 15.4. The van der Waals surface area contributed by atoms with Crippen LogP contribution >= 0.6 is 11.6 Å². The van der Waals surface area contributed by atoms with E-state index in [1.54, 1.807) is 20.8 Å². The van der Waals surface area contributed by atoms with Gasteiger partial charge < -0.3 is 24.9 Å². The fraction of sp³-hybridized carbons (Fsp3) is 0.375. The molecule has 0 saturated heterocycles. The normalized spacial score (nSPS) is 11.4. The number of carbonyl (C=O) groups excluding carboxylic acids is 2. The quantitative estimate of drug-likeness (QED) is 0.346. The van der Waals surface area contributed by atoms with Gasteiger partial charge in [0.05, 0.1) is 5.39 Å². The Morgan fingerprint density at radius 2 is 2.04 bits per heavy atom. The van der Waals surface area contributed by atoms with Gasteiger partial charge in [0.25, 0.3) is 16.6 Å². The van der Waals surface area contributed by atoms with E-state index in [1.165, 1.54) is 7.05 Å². The second-order valence-corrected chi connectivity index (χ2v) is 6.97. The number of hydrogen-bond acceptors (Lipinski definition) is 6. The fourth-order valence-corrected chi connectivity index (χ4v) is 2.45. The van der Waals surface area contributed by atoms with Gasteiger partial charge in [-0.25, -0.2) is 0 Å². The maximum Gasteiger partial charge on any atom is 0.325 e. The molecule has 0 aliphatic rings. The van der Waals surface area contributed by atoms with Gasteiger partial charge in [-0.3, -0.25) is 14.4 Å². The van der Waals surface area contributed by atoms with Crippen LogP contribution in [-0.4, -0.2) is 33.7 Å². The Kier molecular flexibility index (Phi) is 5.13. The van der Waals surface area contributed by atoms with Crippen molar-refractivity contribution in [1.82, 2.24) is 9.88 Å². The summed E-state index contributed by atoms with van der Waals surface area (Å²) < 4.78 is 6.41. The van der Waals surface area contributed by atoms with Crippen molar-refractivity contribution in [2.75, 3.05) is 6.54 Å². The summed E-state index contributed by atoms with van der Waals surface area (Å²) in [6.45, 7) is 4.53. The Balaban J connectivity index is 2.40. The number of aromatic nitrogens is 2. The second kappa shape index (κ2) is 6.83. The van der Waals surface area contributed by atoms with Crippen molar-refractivity contribution in [1.29, 1.82) is 0 Å². The van der Waals surface area contributed by atoms with Crippen LogP contribution in [0.25, 0.3) is 10.9 Å². The van der Waals surface area contributed by atoms with Crippen molar-refractivity contribution < 1.29 is 24.2 Å². The summed E-state index contributed by atoms with van der Waals surface area (Å²) in [6, 6.07) is 1.14. The van der Waals surface area contributed by atoms with Crippen molar-refractivity contribution >= 4 is 34.4 Å². The summed E-state index contributed by atoms with van der Waals surface area (Å²) >= 11 is 5.74. The first-order valence-electron chi connectivity index (χ1n) is 7.57. The summed E-state index contributed by atoms with van der Waals surface area (Å²) in [7, 11) is 1.34. The number of carbonyl (C=O) groups is 2. The van der Waals surface area contributed by atoms with Crippen molar-refractivity contribution in [2.24, 2.45) is 7.05 Å². The first-order chi connectivity index (χ1) is 11.9. The topological polar surface area (TPSA) is 125 Å². The minimum atomic E-state index is -0.953. The van der Waals surface area contributed by atoms with Gasteiger partial charge in [-0.1, -0.05) is 0 Å². The van der Waals surface area contributed by atoms with E-state index in [0.29, 0.717) is 4.73 Å². The fourth-order valence-electron chi connectivity index (χ4n) is 2.29. The number of esters is 1. The molecule has 0 atom stereocenters.